The second-order valence-electron chi connectivity index (χ2n) is 5.84. The number of rotatable bonds is 4. The lowest BCUT2D eigenvalue weighted by molar-refractivity contribution is -0.129. The fraction of sp³-hybridized carbons (Fsp3) is 0.769. The standard InChI is InChI=1S/C13H21N5OS/c1-9-4-6-17(7-5-9)11(19)8-20-13-16-15-12(18(13)14)10-2-3-10/h9-10H,2-8,14H2,1H3. The molecule has 1 aliphatic carbocycles. The Bertz CT molecular complexity index is 491. The Morgan fingerprint density at radius 1 is 1.30 bits per heavy atom. The zero-order chi connectivity index (χ0) is 14.1. The summed E-state index contributed by atoms with van der Waals surface area (Å²) in [6.07, 6.45) is 4.50. The number of aromatic nitrogens is 3. The molecule has 2 N–H and O–H groups in total. The summed E-state index contributed by atoms with van der Waals surface area (Å²) in [5, 5.41) is 8.85. The van der Waals surface area contributed by atoms with Crippen LogP contribution in [0.25, 0.3) is 0 Å². The van der Waals surface area contributed by atoms with Crippen LogP contribution in [0.4, 0.5) is 0 Å². The zero-order valence-corrected chi connectivity index (χ0v) is 12.6. The van der Waals surface area contributed by atoms with Gasteiger partial charge in [0.1, 0.15) is 0 Å². The molecule has 1 aromatic rings. The van der Waals surface area contributed by atoms with Crippen molar-refractivity contribution in [1.82, 2.24) is 19.8 Å². The average molecular weight is 295 g/mol. The van der Waals surface area contributed by atoms with E-state index in [9.17, 15) is 4.79 Å². The van der Waals surface area contributed by atoms with Crippen LogP contribution in [0.15, 0.2) is 5.16 Å². The summed E-state index contributed by atoms with van der Waals surface area (Å²) in [7, 11) is 0. The summed E-state index contributed by atoms with van der Waals surface area (Å²) < 4.78 is 1.55. The lowest BCUT2D eigenvalue weighted by Gasteiger charge is -2.30. The summed E-state index contributed by atoms with van der Waals surface area (Å²) in [6, 6.07) is 0. The molecule has 1 aliphatic heterocycles. The van der Waals surface area contributed by atoms with Crippen molar-refractivity contribution in [2.45, 2.75) is 43.7 Å². The molecule has 2 fully saturated rings. The lowest BCUT2D eigenvalue weighted by atomic mass is 9.99. The number of amides is 1. The van der Waals surface area contributed by atoms with Crippen LogP contribution in [0.3, 0.4) is 0 Å². The van der Waals surface area contributed by atoms with Gasteiger partial charge in [0.05, 0.1) is 5.75 Å². The molecule has 0 aromatic carbocycles. The first kappa shape index (κ1) is 13.7. The summed E-state index contributed by atoms with van der Waals surface area (Å²) in [5.41, 5.74) is 0. The Morgan fingerprint density at radius 3 is 2.65 bits per heavy atom. The van der Waals surface area contributed by atoms with Gasteiger partial charge in [-0.25, -0.2) is 4.68 Å². The van der Waals surface area contributed by atoms with Crippen molar-refractivity contribution in [2.24, 2.45) is 5.92 Å². The van der Waals surface area contributed by atoms with E-state index in [2.05, 4.69) is 17.1 Å². The smallest absolute Gasteiger partial charge is 0.233 e. The maximum atomic E-state index is 12.1. The molecule has 2 heterocycles. The van der Waals surface area contributed by atoms with Crippen molar-refractivity contribution in [3.63, 3.8) is 0 Å². The van der Waals surface area contributed by atoms with E-state index in [1.165, 1.54) is 11.8 Å². The number of carbonyl (C=O) groups excluding carboxylic acids is 1. The Labute approximate surface area is 123 Å². The van der Waals surface area contributed by atoms with E-state index >= 15 is 0 Å². The molecule has 1 saturated heterocycles. The van der Waals surface area contributed by atoms with E-state index in [-0.39, 0.29) is 5.91 Å². The van der Waals surface area contributed by atoms with Crippen LogP contribution in [0.5, 0.6) is 0 Å². The molecule has 1 saturated carbocycles. The zero-order valence-electron chi connectivity index (χ0n) is 11.8. The van der Waals surface area contributed by atoms with Crippen LogP contribution in [0.1, 0.15) is 44.3 Å². The molecule has 20 heavy (non-hydrogen) atoms. The van der Waals surface area contributed by atoms with Gasteiger partial charge in [-0.3, -0.25) is 4.79 Å². The van der Waals surface area contributed by atoms with Crippen LogP contribution in [0, 0.1) is 5.92 Å². The van der Waals surface area contributed by atoms with E-state index in [4.69, 9.17) is 5.84 Å². The highest BCUT2D eigenvalue weighted by Crippen LogP contribution is 2.39. The predicted octanol–water partition coefficient (Wildman–Crippen LogP) is 1.22. The Kier molecular flexibility index (Phi) is 3.87. The third kappa shape index (κ3) is 2.92. The Hall–Kier alpha value is -1.24. The van der Waals surface area contributed by atoms with Gasteiger partial charge in [-0.05, 0) is 31.6 Å². The Balaban J connectivity index is 1.52. The number of carbonyl (C=O) groups is 1. The molecule has 0 atom stereocenters. The number of thioether (sulfide) groups is 1. The molecule has 0 radical (unpaired) electrons. The van der Waals surface area contributed by atoms with Gasteiger partial charge >= 0.3 is 0 Å². The first-order chi connectivity index (χ1) is 9.65. The summed E-state index contributed by atoms with van der Waals surface area (Å²) in [5.74, 6) is 8.61. The molecule has 3 rings (SSSR count). The minimum Gasteiger partial charge on any atom is -0.342 e. The fourth-order valence-electron chi connectivity index (χ4n) is 2.48. The first-order valence-corrected chi connectivity index (χ1v) is 8.24. The SMILES string of the molecule is CC1CCN(C(=O)CSc2nnc(C3CC3)n2N)CC1. The van der Waals surface area contributed by atoms with E-state index < -0.39 is 0 Å². The third-order valence-electron chi connectivity index (χ3n) is 4.09. The molecule has 110 valence electrons. The number of nitrogens with two attached hydrogens (primary N) is 1. The molecule has 1 amide bonds. The van der Waals surface area contributed by atoms with Gasteiger partial charge in [-0.2, -0.15) is 0 Å². The van der Waals surface area contributed by atoms with Gasteiger partial charge in [0.2, 0.25) is 11.1 Å². The molecule has 0 bridgehead atoms. The topological polar surface area (TPSA) is 77.0 Å². The van der Waals surface area contributed by atoms with Crippen molar-refractivity contribution < 1.29 is 4.79 Å². The van der Waals surface area contributed by atoms with Gasteiger partial charge in [0.25, 0.3) is 0 Å². The van der Waals surface area contributed by atoms with Crippen molar-refractivity contribution in [2.75, 3.05) is 24.7 Å². The number of nitrogen functional groups attached to an aromatic ring is 1. The molecule has 2 aliphatic rings. The number of hydrogen-bond donors (Lipinski definition) is 1. The summed E-state index contributed by atoms with van der Waals surface area (Å²) in [6.45, 7) is 4.00. The van der Waals surface area contributed by atoms with Crippen LogP contribution in [-0.2, 0) is 4.79 Å². The van der Waals surface area contributed by atoms with Gasteiger partial charge < -0.3 is 10.7 Å². The van der Waals surface area contributed by atoms with Crippen molar-refractivity contribution in [3.05, 3.63) is 5.82 Å². The quantitative estimate of drug-likeness (QED) is 0.667. The first-order valence-electron chi connectivity index (χ1n) is 7.26. The molecule has 6 nitrogen and oxygen atoms in total. The largest absolute Gasteiger partial charge is 0.342 e. The molecule has 0 spiro atoms. The van der Waals surface area contributed by atoms with E-state index in [1.54, 1.807) is 4.68 Å². The van der Waals surface area contributed by atoms with E-state index in [0.29, 0.717) is 16.8 Å². The van der Waals surface area contributed by atoms with Crippen molar-refractivity contribution >= 4 is 17.7 Å². The highest BCUT2D eigenvalue weighted by molar-refractivity contribution is 7.99. The van der Waals surface area contributed by atoms with Crippen LogP contribution in [0.2, 0.25) is 0 Å². The van der Waals surface area contributed by atoms with Gasteiger partial charge in [0, 0.05) is 19.0 Å². The number of piperidine rings is 1. The van der Waals surface area contributed by atoms with Crippen LogP contribution >= 0.6 is 11.8 Å². The molecule has 7 heteroatoms. The van der Waals surface area contributed by atoms with Gasteiger partial charge in [0.15, 0.2) is 5.82 Å². The van der Waals surface area contributed by atoms with Gasteiger partial charge in [-0.1, -0.05) is 18.7 Å². The minimum atomic E-state index is 0.179. The van der Waals surface area contributed by atoms with Crippen LogP contribution in [-0.4, -0.2) is 44.5 Å². The van der Waals surface area contributed by atoms with Crippen molar-refractivity contribution in [3.8, 4) is 0 Å². The fourth-order valence-corrected chi connectivity index (χ4v) is 3.25. The van der Waals surface area contributed by atoms with Crippen LogP contribution < -0.4 is 5.84 Å². The predicted molar refractivity (Wildman–Crippen MR) is 77.8 cm³/mol. The average Bonchev–Trinajstić information content (AvgIpc) is 3.22. The van der Waals surface area contributed by atoms with Gasteiger partial charge in [-0.15, -0.1) is 10.2 Å². The maximum Gasteiger partial charge on any atom is 0.233 e. The van der Waals surface area contributed by atoms with Crippen molar-refractivity contribution in [1.29, 1.82) is 0 Å². The number of likely N-dealkylation sites (tertiary alicyclic amines) is 1. The Morgan fingerprint density at radius 2 is 2.00 bits per heavy atom. The summed E-state index contributed by atoms with van der Waals surface area (Å²) >= 11 is 1.39. The normalized spacial score (nSPS) is 20.4. The number of nitrogens with zero attached hydrogens (tertiary/aromatic N) is 4. The maximum absolute atomic E-state index is 12.1. The highest BCUT2D eigenvalue weighted by Gasteiger charge is 2.30. The molecular weight excluding hydrogens is 274 g/mol. The lowest BCUT2D eigenvalue weighted by Crippen LogP contribution is -2.39. The third-order valence-corrected chi connectivity index (χ3v) is 5.02. The molecule has 0 unspecified atom stereocenters. The highest BCUT2D eigenvalue weighted by atomic mass is 32.2. The number of hydrogen-bond acceptors (Lipinski definition) is 5. The minimum absolute atomic E-state index is 0.179. The second kappa shape index (κ2) is 5.63. The second-order valence-corrected chi connectivity index (χ2v) is 6.78. The monoisotopic (exact) mass is 295 g/mol. The van der Waals surface area contributed by atoms with E-state index in [0.717, 1.165) is 50.5 Å². The molecule has 1 aromatic heterocycles. The summed E-state index contributed by atoms with van der Waals surface area (Å²) in [4.78, 5) is 14.1. The molecular formula is C13H21N5OS. The van der Waals surface area contributed by atoms with E-state index in [1.807, 2.05) is 4.90 Å².